The number of anilines is 1. The molecule has 0 aromatic heterocycles. The van der Waals surface area contributed by atoms with Crippen LogP contribution in [0.15, 0.2) is 24.3 Å². The van der Waals surface area contributed by atoms with Gasteiger partial charge in [0.15, 0.2) is 0 Å². The van der Waals surface area contributed by atoms with Crippen LogP contribution in [0.1, 0.15) is 18.9 Å². The molecule has 1 N–H and O–H groups in total. The van der Waals surface area contributed by atoms with Crippen LogP contribution in [0, 0.1) is 0 Å². The van der Waals surface area contributed by atoms with Crippen LogP contribution in [0.2, 0.25) is 0 Å². The molecule has 0 spiro atoms. The standard InChI is InChI=1S/C15H22N2O/c1-12(10-14-11-18-9-7-16-14)17-8-6-13-4-2-3-5-15(13)17/h2-5,12,14,16H,6-11H2,1H3. The summed E-state index contributed by atoms with van der Waals surface area (Å²) >= 11 is 0. The summed E-state index contributed by atoms with van der Waals surface area (Å²) in [5, 5.41) is 3.55. The highest BCUT2D eigenvalue weighted by atomic mass is 16.5. The Kier molecular flexibility index (Phi) is 3.52. The average molecular weight is 246 g/mol. The van der Waals surface area contributed by atoms with E-state index in [9.17, 15) is 0 Å². The molecule has 1 fully saturated rings. The molecule has 2 aliphatic heterocycles. The normalized spacial score (nSPS) is 24.9. The van der Waals surface area contributed by atoms with Gasteiger partial charge in [-0.05, 0) is 31.4 Å². The van der Waals surface area contributed by atoms with Crippen molar-refractivity contribution in [1.29, 1.82) is 0 Å². The third-order valence-corrected chi connectivity index (χ3v) is 4.08. The molecule has 0 radical (unpaired) electrons. The quantitative estimate of drug-likeness (QED) is 0.880. The van der Waals surface area contributed by atoms with Crippen LogP contribution < -0.4 is 10.2 Å². The van der Waals surface area contributed by atoms with Crippen LogP contribution in [0.3, 0.4) is 0 Å². The van der Waals surface area contributed by atoms with Crippen LogP contribution in [0.5, 0.6) is 0 Å². The zero-order valence-electron chi connectivity index (χ0n) is 11.1. The third kappa shape index (κ3) is 2.38. The molecule has 2 atom stereocenters. The first-order valence-corrected chi connectivity index (χ1v) is 7.00. The van der Waals surface area contributed by atoms with E-state index in [0.717, 1.165) is 32.7 Å². The number of fused-ring (bicyclic) bond motifs is 1. The molecule has 0 amide bonds. The van der Waals surface area contributed by atoms with E-state index in [0.29, 0.717) is 12.1 Å². The van der Waals surface area contributed by atoms with Crippen molar-refractivity contribution in [3.05, 3.63) is 29.8 Å². The summed E-state index contributed by atoms with van der Waals surface area (Å²) in [7, 11) is 0. The highest BCUT2D eigenvalue weighted by molar-refractivity contribution is 5.58. The van der Waals surface area contributed by atoms with Gasteiger partial charge in [-0.1, -0.05) is 18.2 Å². The van der Waals surface area contributed by atoms with Gasteiger partial charge in [0.2, 0.25) is 0 Å². The fraction of sp³-hybridized carbons (Fsp3) is 0.600. The maximum atomic E-state index is 5.53. The van der Waals surface area contributed by atoms with Gasteiger partial charge in [0, 0.05) is 30.9 Å². The Balaban J connectivity index is 1.64. The van der Waals surface area contributed by atoms with Gasteiger partial charge in [-0.15, -0.1) is 0 Å². The average Bonchev–Trinajstić information content (AvgIpc) is 2.84. The van der Waals surface area contributed by atoms with Crippen molar-refractivity contribution in [1.82, 2.24) is 5.32 Å². The summed E-state index contributed by atoms with van der Waals surface area (Å²) in [6.07, 6.45) is 2.35. The number of rotatable bonds is 3. The summed E-state index contributed by atoms with van der Waals surface area (Å²) in [5.74, 6) is 0. The monoisotopic (exact) mass is 246 g/mol. The first-order chi connectivity index (χ1) is 8.84. The van der Waals surface area contributed by atoms with E-state index < -0.39 is 0 Å². The van der Waals surface area contributed by atoms with Gasteiger partial charge in [-0.2, -0.15) is 0 Å². The van der Waals surface area contributed by atoms with Crippen LogP contribution in [0.25, 0.3) is 0 Å². The lowest BCUT2D eigenvalue weighted by Crippen LogP contribution is -2.45. The van der Waals surface area contributed by atoms with Crippen LogP contribution in [-0.2, 0) is 11.2 Å². The highest BCUT2D eigenvalue weighted by Crippen LogP contribution is 2.30. The molecular weight excluding hydrogens is 224 g/mol. The Bertz CT molecular complexity index is 401. The maximum Gasteiger partial charge on any atom is 0.0621 e. The maximum absolute atomic E-state index is 5.53. The number of nitrogens with one attached hydrogen (secondary N) is 1. The van der Waals surface area contributed by atoms with E-state index in [1.54, 1.807) is 0 Å². The van der Waals surface area contributed by atoms with Gasteiger partial charge in [0.05, 0.1) is 13.2 Å². The largest absolute Gasteiger partial charge is 0.379 e. The summed E-state index contributed by atoms with van der Waals surface area (Å²) in [6, 6.07) is 9.89. The second-order valence-corrected chi connectivity index (χ2v) is 5.38. The first kappa shape index (κ1) is 12.0. The Hall–Kier alpha value is -1.06. The number of morpholine rings is 1. The van der Waals surface area contributed by atoms with E-state index in [-0.39, 0.29) is 0 Å². The Morgan fingerprint density at radius 1 is 1.44 bits per heavy atom. The zero-order valence-corrected chi connectivity index (χ0v) is 11.1. The van der Waals surface area contributed by atoms with Crippen LogP contribution in [-0.4, -0.2) is 38.4 Å². The topological polar surface area (TPSA) is 24.5 Å². The molecule has 0 aliphatic carbocycles. The molecule has 3 rings (SSSR count). The number of ether oxygens (including phenoxy) is 1. The SMILES string of the molecule is CC(CC1COCCN1)N1CCc2ccccc21. The summed E-state index contributed by atoms with van der Waals surface area (Å²) in [6.45, 7) is 6.21. The minimum atomic E-state index is 0.515. The van der Waals surface area contributed by atoms with Crippen molar-refractivity contribution in [2.24, 2.45) is 0 Å². The van der Waals surface area contributed by atoms with Gasteiger partial charge >= 0.3 is 0 Å². The fourth-order valence-corrected chi connectivity index (χ4v) is 3.13. The van der Waals surface area contributed by atoms with Crippen molar-refractivity contribution >= 4 is 5.69 Å². The lowest BCUT2D eigenvalue weighted by Gasteiger charge is -2.32. The molecule has 2 heterocycles. The molecule has 98 valence electrons. The van der Waals surface area contributed by atoms with Gasteiger partial charge < -0.3 is 15.0 Å². The Labute approximate surface area is 109 Å². The van der Waals surface area contributed by atoms with Crippen molar-refractivity contribution < 1.29 is 4.74 Å². The van der Waals surface area contributed by atoms with Gasteiger partial charge in [-0.3, -0.25) is 0 Å². The second kappa shape index (κ2) is 5.29. The van der Waals surface area contributed by atoms with Crippen LogP contribution in [0.4, 0.5) is 5.69 Å². The number of benzene rings is 1. The molecule has 0 bridgehead atoms. The fourth-order valence-electron chi connectivity index (χ4n) is 3.13. The molecule has 18 heavy (non-hydrogen) atoms. The number of para-hydroxylation sites is 1. The minimum absolute atomic E-state index is 0.515. The van der Waals surface area contributed by atoms with Crippen molar-refractivity contribution in [2.75, 3.05) is 31.2 Å². The molecule has 2 aliphatic rings. The van der Waals surface area contributed by atoms with Crippen molar-refractivity contribution in [2.45, 2.75) is 31.8 Å². The Morgan fingerprint density at radius 2 is 2.33 bits per heavy atom. The molecule has 3 heteroatoms. The van der Waals surface area contributed by atoms with E-state index in [2.05, 4.69) is 41.4 Å². The zero-order chi connectivity index (χ0) is 12.4. The predicted octanol–water partition coefficient (Wildman–Crippen LogP) is 1.82. The van der Waals surface area contributed by atoms with Crippen LogP contribution >= 0.6 is 0 Å². The second-order valence-electron chi connectivity index (χ2n) is 5.38. The van der Waals surface area contributed by atoms with Gasteiger partial charge in [-0.25, -0.2) is 0 Å². The minimum Gasteiger partial charge on any atom is -0.379 e. The van der Waals surface area contributed by atoms with E-state index in [1.165, 1.54) is 17.7 Å². The lowest BCUT2D eigenvalue weighted by atomic mass is 10.1. The number of nitrogens with zero attached hydrogens (tertiary/aromatic N) is 1. The molecule has 1 saturated heterocycles. The van der Waals surface area contributed by atoms with E-state index >= 15 is 0 Å². The van der Waals surface area contributed by atoms with E-state index in [4.69, 9.17) is 4.74 Å². The molecule has 2 unspecified atom stereocenters. The van der Waals surface area contributed by atoms with Gasteiger partial charge in [0.25, 0.3) is 0 Å². The summed E-state index contributed by atoms with van der Waals surface area (Å²) in [5.41, 5.74) is 2.93. The first-order valence-electron chi connectivity index (χ1n) is 7.00. The van der Waals surface area contributed by atoms with Gasteiger partial charge in [0.1, 0.15) is 0 Å². The van der Waals surface area contributed by atoms with Crippen molar-refractivity contribution in [3.63, 3.8) is 0 Å². The molecule has 1 aromatic rings. The lowest BCUT2D eigenvalue weighted by molar-refractivity contribution is 0.0723. The smallest absolute Gasteiger partial charge is 0.0621 e. The van der Waals surface area contributed by atoms with E-state index in [1.807, 2.05) is 0 Å². The van der Waals surface area contributed by atoms with Crippen molar-refractivity contribution in [3.8, 4) is 0 Å². The molecule has 0 saturated carbocycles. The molecular formula is C15H22N2O. The number of hydrogen-bond donors (Lipinski definition) is 1. The summed E-state index contributed by atoms with van der Waals surface area (Å²) < 4.78 is 5.53. The summed E-state index contributed by atoms with van der Waals surface area (Å²) in [4.78, 5) is 2.55. The highest BCUT2D eigenvalue weighted by Gasteiger charge is 2.25. The molecule has 3 nitrogen and oxygen atoms in total. The Morgan fingerprint density at radius 3 is 3.17 bits per heavy atom. The number of hydrogen-bond acceptors (Lipinski definition) is 3. The predicted molar refractivity (Wildman–Crippen MR) is 74.2 cm³/mol. The molecule has 1 aromatic carbocycles. The third-order valence-electron chi connectivity index (χ3n) is 4.08.